The maximum Gasteiger partial charge on any atom is 0.254 e. The molecule has 0 saturated heterocycles. The van der Waals surface area contributed by atoms with E-state index in [0.29, 0.717) is 6.54 Å². The molecule has 1 atom stereocenters. The van der Waals surface area contributed by atoms with E-state index in [0.717, 1.165) is 16.9 Å². The second kappa shape index (κ2) is 7.45. The van der Waals surface area contributed by atoms with Crippen LogP contribution >= 0.6 is 0 Å². The molecule has 1 amide bonds. The topological polar surface area (TPSA) is 47.6 Å². The molecule has 0 spiro atoms. The molecule has 0 aliphatic carbocycles. The number of hydrogen-bond acceptors (Lipinski definition) is 3. The van der Waals surface area contributed by atoms with Crippen molar-refractivity contribution in [2.75, 3.05) is 14.2 Å². The van der Waals surface area contributed by atoms with Gasteiger partial charge in [-0.25, -0.2) is 0 Å². The molecule has 4 heteroatoms. The first kappa shape index (κ1) is 15.1. The Kier molecular flexibility index (Phi) is 5.35. The van der Waals surface area contributed by atoms with Crippen LogP contribution in [0.3, 0.4) is 0 Å². The van der Waals surface area contributed by atoms with Gasteiger partial charge in [-0.05, 0) is 11.6 Å². The largest absolute Gasteiger partial charge is 0.496 e. The average molecular weight is 285 g/mol. The van der Waals surface area contributed by atoms with Crippen LogP contribution in [0.5, 0.6) is 5.75 Å². The summed E-state index contributed by atoms with van der Waals surface area (Å²) >= 11 is 0. The average Bonchev–Trinajstić information content (AvgIpc) is 2.55. The minimum absolute atomic E-state index is 0.172. The number of carbonyl (C=O) groups is 1. The lowest BCUT2D eigenvalue weighted by Gasteiger charge is -2.16. The SMILES string of the molecule is COc1ccccc1CNC(=O)[C@@H](OC)c1ccccc1. The van der Waals surface area contributed by atoms with Crippen LogP contribution in [0.1, 0.15) is 17.2 Å². The van der Waals surface area contributed by atoms with E-state index >= 15 is 0 Å². The maximum atomic E-state index is 12.3. The Hall–Kier alpha value is -2.33. The van der Waals surface area contributed by atoms with Crippen molar-refractivity contribution in [2.24, 2.45) is 0 Å². The van der Waals surface area contributed by atoms with Gasteiger partial charge in [0.05, 0.1) is 7.11 Å². The first-order chi connectivity index (χ1) is 10.3. The fraction of sp³-hybridized carbons (Fsp3) is 0.235. The van der Waals surface area contributed by atoms with Gasteiger partial charge < -0.3 is 14.8 Å². The molecular formula is C17H19NO3. The van der Waals surface area contributed by atoms with Crippen LogP contribution in [-0.2, 0) is 16.1 Å². The molecule has 2 aromatic carbocycles. The molecule has 0 unspecified atom stereocenters. The number of methoxy groups -OCH3 is 2. The maximum absolute atomic E-state index is 12.3. The molecule has 0 radical (unpaired) electrons. The van der Waals surface area contributed by atoms with E-state index in [9.17, 15) is 4.79 Å². The van der Waals surface area contributed by atoms with E-state index in [1.165, 1.54) is 7.11 Å². The van der Waals surface area contributed by atoms with E-state index < -0.39 is 6.10 Å². The molecular weight excluding hydrogens is 266 g/mol. The normalized spacial score (nSPS) is 11.7. The number of ether oxygens (including phenoxy) is 2. The quantitative estimate of drug-likeness (QED) is 0.887. The summed E-state index contributed by atoms with van der Waals surface area (Å²) < 4.78 is 10.6. The van der Waals surface area contributed by atoms with E-state index in [1.54, 1.807) is 7.11 Å². The Morgan fingerprint density at radius 1 is 1.05 bits per heavy atom. The van der Waals surface area contributed by atoms with Crippen molar-refractivity contribution >= 4 is 5.91 Å². The smallest absolute Gasteiger partial charge is 0.254 e. The Morgan fingerprint density at radius 3 is 2.38 bits per heavy atom. The van der Waals surface area contributed by atoms with Gasteiger partial charge >= 0.3 is 0 Å². The van der Waals surface area contributed by atoms with Crippen molar-refractivity contribution in [3.63, 3.8) is 0 Å². The van der Waals surface area contributed by atoms with Crippen molar-refractivity contribution in [3.8, 4) is 5.75 Å². The zero-order chi connectivity index (χ0) is 15.1. The summed E-state index contributed by atoms with van der Waals surface area (Å²) in [5, 5.41) is 2.88. The Balaban J connectivity index is 2.03. The van der Waals surface area contributed by atoms with Crippen LogP contribution in [0.25, 0.3) is 0 Å². The second-order valence-electron chi connectivity index (χ2n) is 4.56. The first-order valence-electron chi connectivity index (χ1n) is 6.73. The molecule has 0 fully saturated rings. The third-order valence-electron chi connectivity index (χ3n) is 3.22. The number of para-hydroxylation sites is 1. The number of benzene rings is 2. The van der Waals surface area contributed by atoms with Gasteiger partial charge in [0.1, 0.15) is 5.75 Å². The Labute approximate surface area is 124 Å². The highest BCUT2D eigenvalue weighted by molar-refractivity contribution is 5.82. The first-order valence-corrected chi connectivity index (χ1v) is 6.73. The van der Waals surface area contributed by atoms with Crippen LogP contribution < -0.4 is 10.1 Å². The number of rotatable bonds is 6. The summed E-state index contributed by atoms with van der Waals surface area (Å²) in [4.78, 5) is 12.3. The van der Waals surface area contributed by atoms with E-state index in [1.807, 2.05) is 54.6 Å². The molecule has 0 aliphatic heterocycles. The number of amides is 1. The summed E-state index contributed by atoms with van der Waals surface area (Å²) in [7, 11) is 3.14. The molecule has 110 valence electrons. The van der Waals surface area contributed by atoms with Gasteiger partial charge in [0, 0.05) is 19.2 Å². The summed E-state index contributed by atoms with van der Waals surface area (Å²) in [6, 6.07) is 17.0. The van der Waals surface area contributed by atoms with Gasteiger partial charge in [0.25, 0.3) is 5.91 Å². The molecule has 2 aromatic rings. The van der Waals surface area contributed by atoms with E-state index in [4.69, 9.17) is 9.47 Å². The van der Waals surface area contributed by atoms with Gasteiger partial charge in [0.2, 0.25) is 0 Å². The van der Waals surface area contributed by atoms with Crippen LogP contribution in [0.2, 0.25) is 0 Å². The molecule has 2 rings (SSSR count). The van der Waals surface area contributed by atoms with Gasteiger partial charge in [-0.1, -0.05) is 48.5 Å². The minimum Gasteiger partial charge on any atom is -0.496 e. The second-order valence-corrected chi connectivity index (χ2v) is 4.56. The van der Waals surface area contributed by atoms with Crippen molar-refractivity contribution in [1.82, 2.24) is 5.32 Å². The lowest BCUT2D eigenvalue weighted by atomic mass is 10.1. The predicted molar refractivity (Wildman–Crippen MR) is 81.0 cm³/mol. The summed E-state index contributed by atoms with van der Waals surface area (Å²) in [6.07, 6.45) is -0.610. The zero-order valence-electron chi connectivity index (χ0n) is 12.2. The lowest BCUT2D eigenvalue weighted by molar-refractivity contribution is -0.131. The number of nitrogens with one attached hydrogen (secondary N) is 1. The lowest BCUT2D eigenvalue weighted by Crippen LogP contribution is -2.30. The van der Waals surface area contributed by atoms with Crippen LogP contribution in [0.4, 0.5) is 0 Å². The monoisotopic (exact) mass is 285 g/mol. The highest BCUT2D eigenvalue weighted by atomic mass is 16.5. The van der Waals surface area contributed by atoms with E-state index in [-0.39, 0.29) is 5.91 Å². The molecule has 0 bridgehead atoms. The molecule has 0 aromatic heterocycles. The van der Waals surface area contributed by atoms with Gasteiger partial charge in [-0.15, -0.1) is 0 Å². The molecule has 21 heavy (non-hydrogen) atoms. The third kappa shape index (κ3) is 3.83. The van der Waals surface area contributed by atoms with Crippen molar-refractivity contribution in [3.05, 3.63) is 65.7 Å². The molecule has 0 aliphatic rings. The standard InChI is InChI=1S/C17H19NO3/c1-20-15-11-7-6-10-14(15)12-18-17(19)16(21-2)13-8-4-3-5-9-13/h3-11,16H,12H2,1-2H3,(H,18,19)/t16-/m0/s1. The van der Waals surface area contributed by atoms with Gasteiger partial charge in [-0.3, -0.25) is 4.79 Å². The van der Waals surface area contributed by atoms with Crippen molar-refractivity contribution in [2.45, 2.75) is 12.6 Å². The van der Waals surface area contributed by atoms with Crippen LogP contribution in [0.15, 0.2) is 54.6 Å². The Morgan fingerprint density at radius 2 is 1.71 bits per heavy atom. The fourth-order valence-electron chi connectivity index (χ4n) is 2.15. The van der Waals surface area contributed by atoms with Crippen LogP contribution in [-0.4, -0.2) is 20.1 Å². The predicted octanol–water partition coefficient (Wildman–Crippen LogP) is 2.70. The number of hydrogen-bond donors (Lipinski definition) is 1. The highest BCUT2D eigenvalue weighted by Gasteiger charge is 2.19. The highest BCUT2D eigenvalue weighted by Crippen LogP contribution is 2.19. The van der Waals surface area contributed by atoms with Crippen molar-refractivity contribution < 1.29 is 14.3 Å². The van der Waals surface area contributed by atoms with Crippen LogP contribution in [0, 0.1) is 0 Å². The molecule has 1 N–H and O–H groups in total. The third-order valence-corrected chi connectivity index (χ3v) is 3.22. The summed E-state index contributed by atoms with van der Waals surface area (Å²) in [5.41, 5.74) is 1.76. The summed E-state index contributed by atoms with van der Waals surface area (Å²) in [5.74, 6) is 0.584. The minimum atomic E-state index is -0.610. The molecule has 0 saturated carbocycles. The fourth-order valence-corrected chi connectivity index (χ4v) is 2.15. The van der Waals surface area contributed by atoms with E-state index in [2.05, 4.69) is 5.32 Å². The summed E-state index contributed by atoms with van der Waals surface area (Å²) in [6.45, 7) is 0.398. The zero-order valence-corrected chi connectivity index (χ0v) is 12.2. The van der Waals surface area contributed by atoms with Crippen molar-refractivity contribution in [1.29, 1.82) is 0 Å². The number of carbonyl (C=O) groups excluding carboxylic acids is 1. The van der Waals surface area contributed by atoms with Gasteiger partial charge in [-0.2, -0.15) is 0 Å². The Bertz CT molecular complexity index is 584. The molecule has 0 heterocycles. The van der Waals surface area contributed by atoms with Gasteiger partial charge in [0.15, 0.2) is 6.10 Å². The molecule has 4 nitrogen and oxygen atoms in total.